The van der Waals surface area contributed by atoms with Crippen LogP contribution in [0, 0.1) is 19.8 Å². The van der Waals surface area contributed by atoms with Crippen molar-refractivity contribution >= 4 is 0 Å². The standard InChI is InChI=1S/C17H26N2/c1-12-4-5-13(2)16(8-12)11-19-10-14(3)18-9-17(19)15-6-7-15/h4-5,8,14-15,17-18H,6-7,9-11H2,1-3H3. The minimum absolute atomic E-state index is 0.625. The van der Waals surface area contributed by atoms with E-state index in [-0.39, 0.29) is 0 Å². The van der Waals surface area contributed by atoms with Gasteiger partial charge in [-0.3, -0.25) is 4.90 Å². The topological polar surface area (TPSA) is 15.3 Å². The van der Waals surface area contributed by atoms with Crippen molar-refractivity contribution < 1.29 is 0 Å². The van der Waals surface area contributed by atoms with E-state index in [0.29, 0.717) is 6.04 Å². The van der Waals surface area contributed by atoms with Gasteiger partial charge in [0.15, 0.2) is 0 Å². The van der Waals surface area contributed by atoms with E-state index in [4.69, 9.17) is 0 Å². The van der Waals surface area contributed by atoms with E-state index < -0.39 is 0 Å². The van der Waals surface area contributed by atoms with E-state index in [1.54, 1.807) is 0 Å². The summed E-state index contributed by atoms with van der Waals surface area (Å²) < 4.78 is 0. The molecule has 104 valence electrons. The lowest BCUT2D eigenvalue weighted by Crippen LogP contribution is -2.55. The van der Waals surface area contributed by atoms with Gasteiger partial charge in [-0.25, -0.2) is 0 Å². The predicted molar refractivity (Wildman–Crippen MR) is 80.3 cm³/mol. The largest absolute Gasteiger partial charge is 0.311 e. The number of benzene rings is 1. The van der Waals surface area contributed by atoms with Crippen molar-refractivity contribution in [2.45, 2.75) is 52.2 Å². The third-order valence-corrected chi connectivity index (χ3v) is 4.70. The Bertz CT molecular complexity index is 451. The summed E-state index contributed by atoms with van der Waals surface area (Å²) in [6, 6.07) is 8.24. The van der Waals surface area contributed by atoms with E-state index >= 15 is 0 Å². The summed E-state index contributed by atoms with van der Waals surface area (Å²) in [5.41, 5.74) is 4.33. The molecule has 1 heterocycles. The molecule has 1 aromatic rings. The zero-order valence-corrected chi connectivity index (χ0v) is 12.4. The molecule has 3 rings (SSSR count). The number of rotatable bonds is 3. The zero-order chi connectivity index (χ0) is 13.4. The van der Waals surface area contributed by atoms with Crippen LogP contribution in [0.2, 0.25) is 0 Å². The second-order valence-electron chi connectivity index (χ2n) is 6.57. The SMILES string of the molecule is Cc1ccc(C)c(CN2CC(C)NCC2C2CC2)c1. The van der Waals surface area contributed by atoms with Crippen LogP contribution in [0.5, 0.6) is 0 Å². The first-order chi connectivity index (χ1) is 9.13. The highest BCUT2D eigenvalue weighted by atomic mass is 15.2. The normalized spacial score (nSPS) is 28.6. The van der Waals surface area contributed by atoms with Crippen molar-refractivity contribution in [1.82, 2.24) is 10.2 Å². The Labute approximate surface area is 117 Å². The van der Waals surface area contributed by atoms with E-state index in [1.165, 1.54) is 42.6 Å². The first kappa shape index (κ1) is 13.1. The molecular weight excluding hydrogens is 232 g/mol. The average molecular weight is 258 g/mol. The average Bonchev–Trinajstić information content (AvgIpc) is 3.18. The fourth-order valence-corrected chi connectivity index (χ4v) is 3.32. The van der Waals surface area contributed by atoms with Crippen LogP contribution in [-0.4, -0.2) is 30.1 Å². The highest BCUT2D eigenvalue weighted by molar-refractivity contribution is 5.30. The summed E-state index contributed by atoms with van der Waals surface area (Å²) in [5.74, 6) is 0.949. The minimum Gasteiger partial charge on any atom is -0.311 e. The van der Waals surface area contributed by atoms with Gasteiger partial charge in [0.1, 0.15) is 0 Å². The third kappa shape index (κ3) is 3.01. The Hall–Kier alpha value is -0.860. The second kappa shape index (κ2) is 5.26. The summed E-state index contributed by atoms with van der Waals surface area (Å²) in [6.45, 7) is 10.2. The van der Waals surface area contributed by atoms with Crippen LogP contribution >= 0.6 is 0 Å². The summed E-state index contributed by atoms with van der Waals surface area (Å²) >= 11 is 0. The summed E-state index contributed by atoms with van der Waals surface area (Å²) in [6.07, 6.45) is 2.87. The second-order valence-corrected chi connectivity index (χ2v) is 6.57. The molecule has 2 nitrogen and oxygen atoms in total. The first-order valence-electron chi connectivity index (χ1n) is 7.67. The van der Waals surface area contributed by atoms with E-state index in [9.17, 15) is 0 Å². The predicted octanol–water partition coefficient (Wildman–Crippen LogP) is 2.88. The Kier molecular flexibility index (Phi) is 3.64. The van der Waals surface area contributed by atoms with Gasteiger partial charge in [0.2, 0.25) is 0 Å². The maximum atomic E-state index is 3.65. The zero-order valence-electron chi connectivity index (χ0n) is 12.4. The molecule has 1 saturated heterocycles. The van der Waals surface area contributed by atoms with Crippen molar-refractivity contribution in [2.24, 2.45) is 5.92 Å². The molecule has 19 heavy (non-hydrogen) atoms. The number of hydrogen-bond acceptors (Lipinski definition) is 2. The maximum absolute atomic E-state index is 3.65. The molecular formula is C17H26N2. The fourth-order valence-electron chi connectivity index (χ4n) is 3.32. The summed E-state index contributed by atoms with van der Waals surface area (Å²) in [7, 11) is 0. The van der Waals surface area contributed by atoms with Crippen molar-refractivity contribution in [3.8, 4) is 0 Å². The molecule has 1 aliphatic heterocycles. The third-order valence-electron chi connectivity index (χ3n) is 4.70. The molecule has 0 aromatic heterocycles. The van der Waals surface area contributed by atoms with Gasteiger partial charge in [-0.05, 0) is 50.7 Å². The lowest BCUT2D eigenvalue weighted by atomic mass is 10.0. The molecule has 2 unspecified atom stereocenters. The van der Waals surface area contributed by atoms with Gasteiger partial charge < -0.3 is 5.32 Å². The Balaban J connectivity index is 1.76. The lowest BCUT2D eigenvalue weighted by Gasteiger charge is -2.40. The molecule has 0 bridgehead atoms. The van der Waals surface area contributed by atoms with E-state index in [1.807, 2.05) is 0 Å². The molecule has 2 aliphatic rings. The number of nitrogens with zero attached hydrogens (tertiary/aromatic N) is 1. The Morgan fingerprint density at radius 1 is 1.26 bits per heavy atom. The van der Waals surface area contributed by atoms with Crippen LogP contribution in [0.3, 0.4) is 0 Å². The monoisotopic (exact) mass is 258 g/mol. The Morgan fingerprint density at radius 3 is 2.79 bits per heavy atom. The summed E-state index contributed by atoms with van der Waals surface area (Å²) in [4.78, 5) is 2.72. The molecule has 2 heteroatoms. The number of aryl methyl sites for hydroxylation is 2. The molecule has 0 radical (unpaired) electrons. The molecule has 2 atom stereocenters. The fraction of sp³-hybridized carbons (Fsp3) is 0.647. The number of hydrogen-bond donors (Lipinski definition) is 1. The maximum Gasteiger partial charge on any atom is 0.0253 e. The highest BCUT2D eigenvalue weighted by Crippen LogP contribution is 2.36. The lowest BCUT2D eigenvalue weighted by molar-refractivity contribution is 0.112. The molecule has 1 aliphatic carbocycles. The molecule has 2 fully saturated rings. The van der Waals surface area contributed by atoms with Crippen LogP contribution in [0.1, 0.15) is 36.5 Å². The Morgan fingerprint density at radius 2 is 2.05 bits per heavy atom. The van der Waals surface area contributed by atoms with Gasteiger partial charge in [0.05, 0.1) is 0 Å². The van der Waals surface area contributed by atoms with Gasteiger partial charge in [0, 0.05) is 31.7 Å². The quantitative estimate of drug-likeness (QED) is 0.897. The van der Waals surface area contributed by atoms with Crippen LogP contribution in [-0.2, 0) is 6.54 Å². The van der Waals surface area contributed by atoms with Crippen molar-refractivity contribution in [1.29, 1.82) is 0 Å². The molecule has 1 aromatic carbocycles. The highest BCUT2D eigenvalue weighted by Gasteiger charge is 2.37. The van der Waals surface area contributed by atoms with Crippen molar-refractivity contribution in [2.75, 3.05) is 13.1 Å². The van der Waals surface area contributed by atoms with E-state index in [2.05, 4.69) is 49.2 Å². The van der Waals surface area contributed by atoms with Crippen molar-refractivity contribution in [3.05, 3.63) is 34.9 Å². The van der Waals surface area contributed by atoms with Gasteiger partial charge >= 0.3 is 0 Å². The van der Waals surface area contributed by atoms with Gasteiger partial charge in [-0.15, -0.1) is 0 Å². The van der Waals surface area contributed by atoms with Crippen LogP contribution in [0.25, 0.3) is 0 Å². The minimum atomic E-state index is 0.625. The number of piperazine rings is 1. The van der Waals surface area contributed by atoms with Gasteiger partial charge in [-0.2, -0.15) is 0 Å². The smallest absolute Gasteiger partial charge is 0.0253 e. The van der Waals surface area contributed by atoms with Crippen LogP contribution in [0.15, 0.2) is 18.2 Å². The van der Waals surface area contributed by atoms with Gasteiger partial charge in [0.25, 0.3) is 0 Å². The van der Waals surface area contributed by atoms with Crippen LogP contribution in [0.4, 0.5) is 0 Å². The van der Waals surface area contributed by atoms with E-state index in [0.717, 1.165) is 18.5 Å². The number of nitrogens with one attached hydrogen (secondary N) is 1. The first-order valence-corrected chi connectivity index (χ1v) is 7.67. The molecule has 1 N–H and O–H groups in total. The van der Waals surface area contributed by atoms with Crippen molar-refractivity contribution in [3.63, 3.8) is 0 Å². The molecule has 0 amide bonds. The van der Waals surface area contributed by atoms with Crippen LogP contribution < -0.4 is 5.32 Å². The summed E-state index contributed by atoms with van der Waals surface area (Å²) in [5, 5.41) is 3.65. The van der Waals surface area contributed by atoms with Gasteiger partial charge in [-0.1, -0.05) is 23.8 Å². The molecule has 0 spiro atoms. The molecule has 1 saturated carbocycles.